The number of benzene rings is 1. The molecule has 1 rings (SSSR count). The molecular formula is C29H48N4O3. The van der Waals surface area contributed by atoms with Gasteiger partial charge in [0.25, 0.3) is 0 Å². The van der Waals surface area contributed by atoms with Gasteiger partial charge in [0, 0.05) is 24.6 Å². The Morgan fingerprint density at radius 2 is 1.47 bits per heavy atom. The van der Waals surface area contributed by atoms with Crippen molar-refractivity contribution in [3.8, 4) is 0 Å². The molecule has 3 amide bonds. The molecule has 0 aliphatic rings. The highest BCUT2D eigenvalue weighted by Crippen LogP contribution is 2.18. The van der Waals surface area contributed by atoms with Crippen LogP contribution in [0.25, 0.3) is 0 Å². The molecule has 0 saturated carbocycles. The van der Waals surface area contributed by atoms with Crippen molar-refractivity contribution in [1.29, 1.82) is 0 Å². The van der Waals surface area contributed by atoms with Crippen molar-refractivity contribution in [2.45, 2.75) is 92.3 Å². The average Bonchev–Trinajstić information content (AvgIpc) is 2.75. The average molecular weight is 501 g/mol. The lowest BCUT2D eigenvalue weighted by Gasteiger charge is -2.33. The van der Waals surface area contributed by atoms with Crippen LogP contribution in [0.2, 0.25) is 0 Å². The number of primary amides is 1. The molecule has 0 aliphatic heterocycles. The van der Waals surface area contributed by atoms with Crippen molar-refractivity contribution in [1.82, 2.24) is 16.0 Å². The molecular weight excluding hydrogens is 452 g/mol. The van der Waals surface area contributed by atoms with E-state index < -0.39 is 6.04 Å². The molecule has 202 valence electrons. The number of amides is 3. The fourth-order valence-electron chi connectivity index (χ4n) is 4.29. The summed E-state index contributed by atoms with van der Waals surface area (Å²) >= 11 is 0. The van der Waals surface area contributed by atoms with Crippen LogP contribution in [0.15, 0.2) is 42.6 Å². The van der Waals surface area contributed by atoms with Gasteiger partial charge < -0.3 is 21.7 Å². The third kappa shape index (κ3) is 11.7. The van der Waals surface area contributed by atoms with Crippen LogP contribution in [0.4, 0.5) is 0 Å². The van der Waals surface area contributed by atoms with Gasteiger partial charge in [-0.05, 0) is 42.1 Å². The quantitative estimate of drug-likeness (QED) is 0.275. The van der Waals surface area contributed by atoms with Crippen molar-refractivity contribution in [2.24, 2.45) is 29.4 Å². The van der Waals surface area contributed by atoms with Crippen molar-refractivity contribution < 1.29 is 14.4 Å². The number of nitrogens with one attached hydrogen (secondary N) is 3. The Bertz CT molecular complexity index is 851. The number of hydrogen-bond donors (Lipinski definition) is 4. The minimum Gasteiger partial charge on any atom is -0.384 e. The fourth-order valence-corrected chi connectivity index (χ4v) is 4.29. The Morgan fingerprint density at radius 1 is 0.861 bits per heavy atom. The van der Waals surface area contributed by atoms with Crippen LogP contribution < -0.4 is 21.7 Å². The summed E-state index contributed by atoms with van der Waals surface area (Å²) in [5.74, 6) is -0.210. The van der Waals surface area contributed by atoms with Crippen LogP contribution in [-0.4, -0.2) is 35.8 Å². The van der Waals surface area contributed by atoms with E-state index in [2.05, 4.69) is 22.5 Å². The highest BCUT2D eigenvalue weighted by molar-refractivity contribution is 5.88. The standard InChI is InChI=1S/C29H48N4O3/c1-18(2)14-25(32-27(35)15-19(3)4)29(36)33-28(20(5)6)22(8)31-24(21(7)16-26(30)34)17-23-12-10-9-11-13-23/h9-13,18-21,24-25,28,31H,8,14-17H2,1-7H3,(H2,30,34)(H,32,35)(H,33,36)/t21-,24?,25?,28?/m0/s1. The smallest absolute Gasteiger partial charge is 0.243 e. The van der Waals surface area contributed by atoms with Gasteiger partial charge in [0.15, 0.2) is 0 Å². The van der Waals surface area contributed by atoms with Crippen LogP contribution in [0.5, 0.6) is 0 Å². The van der Waals surface area contributed by atoms with Crippen LogP contribution in [-0.2, 0) is 20.8 Å². The molecule has 0 fully saturated rings. The number of nitrogens with two attached hydrogens (primary N) is 1. The number of hydrogen-bond acceptors (Lipinski definition) is 4. The summed E-state index contributed by atoms with van der Waals surface area (Å²) in [5, 5.41) is 9.55. The summed E-state index contributed by atoms with van der Waals surface area (Å²) < 4.78 is 0. The van der Waals surface area contributed by atoms with E-state index in [-0.39, 0.29) is 59.9 Å². The van der Waals surface area contributed by atoms with E-state index in [1.807, 2.05) is 78.8 Å². The highest BCUT2D eigenvalue weighted by Gasteiger charge is 2.29. The van der Waals surface area contributed by atoms with Crippen LogP contribution in [0.3, 0.4) is 0 Å². The zero-order valence-electron chi connectivity index (χ0n) is 23.3. The molecule has 7 nitrogen and oxygen atoms in total. The zero-order chi connectivity index (χ0) is 27.4. The maximum Gasteiger partial charge on any atom is 0.243 e. The van der Waals surface area contributed by atoms with Gasteiger partial charge in [0.2, 0.25) is 17.7 Å². The molecule has 36 heavy (non-hydrogen) atoms. The first-order valence-electron chi connectivity index (χ1n) is 13.2. The lowest BCUT2D eigenvalue weighted by atomic mass is 9.90. The molecule has 4 atom stereocenters. The molecule has 1 aromatic rings. The van der Waals surface area contributed by atoms with E-state index in [1.165, 1.54) is 0 Å². The Balaban J connectivity index is 3.03. The van der Waals surface area contributed by atoms with E-state index in [9.17, 15) is 14.4 Å². The van der Waals surface area contributed by atoms with Crippen molar-refractivity contribution in [3.05, 3.63) is 48.2 Å². The molecule has 0 aromatic heterocycles. The Hall–Kier alpha value is -2.83. The summed E-state index contributed by atoms with van der Waals surface area (Å²) in [4.78, 5) is 37.4. The van der Waals surface area contributed by atoms with Gasteiger partial charge in [-0.2, -0.15) is 0 Å². The van der Waals surface area contributed by atoms with Crippen LogP contribution in [0.1, 0.15) is 73.3 Å². The second kappa shape index (κ2) is 15.3. The predicted molar refractivity (Wildman–Crippen MR) is 147 cm³/mol. The second-order valence-electron chi connectivity index (χ2n) is 11.2. The molecule has 7 heteroatoms. The lowest BCUT2D eigenvalue weighted by molar-refractivity contribution is -0.130. The summed E-state index contributed by atoms with van der Waals surface area (Å²) in [6, 6.07) is 8.98. The largest absolute Gasteiger partial charge is 0.384 e. The minimum absolute atomic E-state index is 0.0352. The third-order valence-corrected chi connectivity index (χ3v) is 6.17. The van der Waals surface area contributed by atoms with Crippen LogP contribution >= 0.6 is 0 Å². The highest BCUT2D eigenvalue weighted by atomic mass is 16.2. The predicted octanol–water partition coefficient (Wildman–Crippen LogP) is 3.93. The summed E-state index contributed by atoms with van der Waals surface area (Å²) in [5.41, 5.74) is 7.30. The second-order valence-corrected chi connectivity index (χ2v) is 11.2. The van der Waals surface area contributed by atoms with E-state index in [0.29, 0.717) is 25.0 Å². The molecule has 0 spiro atoms. The first kappa shape index (κ1) is 31.2. The molecule has 0 heterocycles. The molecule has 3 unspecified atom stereocenters. The van der Waals surface area contributed by atoms with Crippen molar-refractivity contribution >= 4 is 17.7 Å². The maximum absolute atomic E-state index is 13.3. The Labute approximate surface area is 218 Å². The first-order chi connectivity index (χ1) is 16.8. The Kier molecular flexibility index (Phi) is 13.3. The van der Waals surface area contributed by atoms with Gasteiger partial charge >= 0.3 is 0 Å². The van der Waals surface area contributed by atoms with E-state index in [1.54, 1.807) is 0 Å². The van der Waals surface area contributed by atoms with Gasteiger partial charge in [-0.3, -0.25) is 14.4 Å². The normalized spacial score (nSPS) is 14.7. The van der Waals surface area contributed by atoms with Gasteiger partial charge in [-0.1, -0.05) is 85.4 Å². The van der Waals surface area contributed by atoms with E-state index in [0.717, 1.165) is 5.56 Å². The third-order valence-electron chi connectivity index (χ3n) is 6.17. The topological polar surface area (TPSA) is 113 Å². The Morgan fingerprint density at radius 3 is 1.97 bits per heavy atom. The van der Waals surface area contributed by atoms with E-state index in [4.69, 9.17) is 5.73 Å². The van der Waals surface area contributed by atoms with E-state index >= 15 is 0 Å². The van der Waals surface area contributed by atoms with Crippen LogP contribution in [0, 0.1) is 23.7 Å². The molecule has 5 N–H and O–H groups in total. The summed E-state index contributed by atoms with van der Waals surface area (Å²) in [6.45, 7) is 18.3. The fraction of sp³-hybridized carbons (Fsp3) is 0.621. The minimum atomic E-state index is -0.612. The van der Waals surface area contributed by atoms with Gasteiger partial charge in [0.1, 0.15) is 6.04 Å². The number of carbonyl (C=O) groups excluding carboxylic acids is 3. The van der Waals surface area contributed by atoms with Gasteiger partial charge in [-0.25, -0.2) is 0 Å². The summed E-state index contributed by atoms with van der Waals surface area (Å²) in [7, 11) is 0. The number of rotatable bonds is 16. The monoisotopic (exact) mass is 500 g/mol. The van der Waals surface area contributed by atoms with Crippen molar-refractivity contribution in [3.63, 3.8) is 0 Å². The first-order valence-corrected chi connectivity index (χ1v) is 13.2. The molecule has 0 aliphatic carbocycles. The zero-order valence-corrected chi connectivity index (χ0v) is 23.3. The molecule has 0 radical (unpaired) electrons. The SMILES string of the molecule is C=C(NC(Cc1ccccc1)[C@@H](C)CC(N)=O)C(NC(=O)C(CC(C)C)NC(=O)CC(C)C)C(C)C. The molecule has 0 bridgehead atoms. The van der Waals surface area contributed by atoms with Gasteiger partial charge in [-0.15, -0.1) is 0 Å². The van der Waals surface area contributed by atoms with Crippen molar-refractivity contribution in [2.75, 3.05) is 0 Å². The molecule has 1 aromatic carbocycles. The summed E-state index contributed by atoms with van der Waals surface area (Å²) in [6.07, 6.45) is 1.86. The van der Waals surface area contributed by atoms with Gasteiger partial charge in [0.05, 0.1) is 6.04 Å². The molecule has 0 saturated heterocycles. The maximum atomic E-state index is 13.3. The lowest BCUT2D eigenvalue weighted by Crippen LogP contribution is -2.54. The number of carbonyl (C=O) groups is 3.